The van der Waals surface area contributed by atoms with Crippen molar-refractivity contribution in [3.63, 3.8) is 0 Å². The number of hydrogen-bond donors (Lipinski definition) is 2. The van der Waals surface area contributed by atoms with Crippen molar-refractivity contribution in [3.05, 3.63) is 59.7 Å². The molecule has 0 saturated heterocycles. The molecular weight excluding hydrogens is 247 g/mol. The zero-order chi connectivity index (χ0) is 13.8. The number of amides is 1. The number of carbonyl (C=O) groups is 1. The first-order valence-electron chi connectivity index (χ1n) is 5.77. The lowest BCUT2D eigenvalue weighted by Gasteiger charge is -2.14. The maximum Gasteiger partial charge on any atom is 0.254 e. The van der Waals surface area contributed by atoms with E-state index in [0.717, 1.165) is 11.6 Å². The second-order valence-electron chi connectivity index (χ2n) is 4.14. The first-order valence-corrected chi connectivity index (χ1v) is 5.77. The van der Waals surface area contributed by atoms with Crippen molar-refractivity contribution in [2.45, 2.75) is 13.0 Å². The molecule has 0 spiro atoms. The highest BCUT2D eigenvalue weighted by molar-refractivity contribution is 5.94. The van der Waals surface area contributed by atoms with Gasteiger partial charge in [-0.2, -0.15) is 0 Å². The van der Waals surface area contributed by atoms with Crippen molar-refractivity contribution in [2.75, 3.05) is 0 Å². The number of halogens is 1. The van der Waals surface area contributed by atoms with Gasteiger partial charge in [-0.1, -0.05) is 0 Å². The fourth-order valence-electron chi connectivity index (χ4n) is 1.70. The van der Waals surface area contributed by atoms with E-state index >= 15 is 0 Å². The number of aromatic nitrogens is 1. The molecule has 0 aliphatic heterocycles. The number of phenolic OH excluding ortho intramolecular Hbond substituents is 1. The zero-order valence-electron chi connectivity index (χ0n) is 10.3. The van der Waals surface area contributed by atoms with Crippen LogP contribution in [0.5, 0.6) is 5.75 Å². The van der Waals surface area contributed by atoms with E-state index < -0.39 is 11.7 Å². The quantitative estimate of drug-likeness (QED) is 0.890. The van der Waals surface area contributed by atoms with Gasteiger partial charge >= 0.3 is 0 Å². The van der Waals surface area contributed by atoms with Crippen LogP contribution < -0.4 is 5.32 Å². The highest BCUT2D eigenvalue weighted by Gasteiger charge is 2.15. The van der Waals surface area contributed by atoms with Gasteiger partial charge < -0.3 is 10.4 Å². The summed E-state index contributed by atoms with van der Waals surface area (Å²) in [4.78, 5) is 15.8. The van der Waals surface area contributed by atoms with E-state index in [1.807, 2.05) is 0 Å². The van der Waals surface area contributed by atoms with E-state index in [1.165, 1.54) is 12.1 Å². The second kappa shape index (κ2) is 5.48. The molecule has 0 fully saturated rings. The molecule has 0 aliphatic rings. The molecule has 98 valence electrons. The molecule has 0 saturated carbocycles. The Hall–Kier alpha value is -2.43. The molecule has 2 aromatic rings. The fourth-order valence-corrected chi connectivity index (χ4v) is 1.70. The Kier molecular flexibility index (Phi) is 3.75. The van der Waals surface area contributed by atoms with Crippen LogP contribution in [-0.4, -0.2) is 16.0 Å². The highest BCUT2D eigenvalue weighted by atomic mass is 19.1. The van der Waals surface area contributed by atoms with E-state index in [2.05, 4.69) is 10.3 Å². The number of carbonyl (C=O) groups excluding carboxylic acids is 1. The van der Waals surface area contributed by atoms with Crippen molar-refractivity contribution in [2.24, 2.45) is 0 Å². The normalized spacial score (nSPS) is 11.9. The lowest BCUT2D eigenvalue weighted by molar-refractivity contribution is 0.0936. The molecule has 4 nitrogen and oxygen atoms in total. The summed E-state index contributed by atoms with van der Waals surface area (Å²) in [6, 6.07) is 6.72. The lowest BCUT2D eigenvalue weighted by atomic mass is 10.1. The van der Waals surface area contributed by atoms with Crippen LogP contribution >= 0.6 is 0 Å². The first-order chi connectivity index (χ1) is 9.08. The molecule has 0 bridgehead atoms. The van der Waals surface area contributed by atoms with Crippen LogP contribution in [0.3, 0.4) is 0 Å². The van der Waals surface area contributed by atoms with Gasteiger partial charge in [-0.3, -0.25) is 9.78 Å². The summed E-state index contributed by atoms with van der Waals surface area (Å²) in [7, 11) is 0. The van der Waals surface area contributed by atoms with E-state index in [4.69, 9.17) is 5.11 Å². The molecule has 1 amide bonds. The Labute approximate surface area is 109 Å². The van der Waals surface area contributed by atoms with Crippen LogP contribution in [0.1, 0.15) is 28.9 Å². The third kappa shape index (κ3) is 3.07. The van der Waals surface area contributed by atoms with Crippen LogP contribution in [0.2, 0.25) is 0 Å². The third-order valence-corrected chi connectivity index (χ3v) is 2.75. The van der Waals surface area contributed by atoms with Gasteiger partial charge in [-0.05, 0) is 36.8 Å². The van der Waals surface area contributed by atoms with Gasteiger partial charge in [0.25, 0.3) is 5.91 Å². The third-order valence-electron chi connectivity index (χ3n) is 2.75. The molecule has 5 heteroatoms. The Bertz CT molecular complexity index is 587. The van der Waals surface area contributed by atoms with Gasteiger partial charge in [0, 0.05) is 18.5 Å². The lowest BCUT2D eigenvalue weighted by Crippen LogP contribution is -2.27. The van der Waals surface area contributed by atoms with Crippen LogP contribution in [0.15, 0.2) is 42.7 Å². The van der Waals surface area contributed by atoms with Crippen LogP contribution in [0.4, 0.5) is 4.39 Å². The molecule has 0 aliphatic carbocycles. The SMILES string of the molecule is CC(NC(=O)c1ccc(O)cc1F)c1ccncc1. The number of pyridine rings is 1. The highest BCUT2D eigenvalue weighted by Crippen LogP contribution is 2.17. The van der Waals surface area contributed by atoms with E-state index in [1.54, 1.807) is 31.5 Å². The summed E-state index contributed by atoms with van der Waals surface area (Å²) < 4.78 is 13.5. The molecule has 19 heavy (non-hydrogen) atoms. The number of nitrogens with zero attached hydrogens (tertiary/aromatic N) is 1. The molecule has 2 N–H and O–H groups in total. The minimum absolute atomic E-state index is 0.0984. The minimum atomic E-state index is -0.751. The molecule has 1 aromatic carbocycles. The summed E-state index contributed by atoms with van der Waals surface area (Å²) in [5.41, 5.74) is 0.779. The van der Waals surface area contributed by atoms with Crippen molar-refractivity contribution in [1.82, 2.24) is 10.3 Å². The molecule has 1 unspecified atom stereocenters. The average Bonchev–Trinajstić information content (AvgIpc) is 2.39. The molecule has 2 rings (SSSR count). The van der Waals surface area contributed by atoms with Gasteiger partial charge in [-0.25, -0.2) is 4.39 Å². The predicted octanol–water partition coefficient (Wildman–Crippen LogP) is 2.42. The largest absolute Gasteiger partial charge is 0.508 e. The Balaban J connectivity index is 2.13. The van der Waals surface area contributed by atoms with Crippen molar-refractivity contribution in [1.29, 1.82) is 0 Å². The van der Waals surface area contributed by atoms with Crippen LogP contribution in [0.25, 0.3) is 0 Å². The molecule has 0 radical (unpaired) electrons. The van der Waals surface area contributed by atoms with E-state index in [9.17, 15) is 9.18 Å². The Morgan fingerprint density at radius 1 is 1.32 bits per heavy atom. The average molecular weight is 260 g/mol. The smallest absolute Gasteiger partial charge is 0.254 e. The number of rotatable bonds is 3. The van der Waals surface area contributed by atoms with Crippen LogP contribution in [0, 0.1) is 5.82 Å². The summed E-state index contributed by atoms with van der Waals surface area (Å²) in [6.45, 7) is 1.80. The molecule has 1 atom stereocenters. The van der Waals surface area contributed by atoms with Crippen molar-refractivity contribution in [3.8, 4) is 5.75 Å². The topological polar surface area (TPSA) is 62.2 Å². The van der Waals surface area contributed by atoms with Gasteiger partial charge in [0.2, 0.25) is 0 Å². The van der Waals surface area contributed by atoms with Crippen molar-refractivity contribution < 1.29 is 14.3 Å². The Morgan fingerprint density at radius 2 is 2.00 bits per heavy atom. The zero-order valence-corrected chi connectivity index (χ0v) is 10.3. The number of benzene rings is 1. The Morgan fingerprint density at radius 3 is 2.63 bits per heavy atom. The number of hydrogen-bond acceptors (Lipinski definition) is 3. The van der Waals surface area contributed by atoms with Gasteiger partial charge in [-0.15, -0.1) is 0 Å². The summed E-state index contributed by atoms with van der Waals surface area (Å²) in [5.74, 6) is -1.49. The summed E-state index contributed by atoms with van der Waals surface area (Å²) in [5, 5.41) is 11.8. The van der Waals surface area contributed by atoms with Gasteiger partial charge in [0.15, 0.2) is 0 Å². The van der Waals surface area contributed by atoms with Crippen LogP contribution in [-0.2, 0) is 0 Å². The standard InChI is InChI=1S/C14H13FN2O2/c1-9(10-4-6-16-7-5-10)17-14(19)12-3-2-11(18)8-13(12)15/h2-9,18H,1H3,(H,17,19). The van der Waals surface area contributed by atoms with E-state index in [0.29, 0.717) is 0 Å². The number of phenols is 1. The summed E-state index contributed by atoms with van der Waals surface area (Å²) in [6.07, 6.45) is 3.25. The molecule has 1 heterocycles. The van der Waals surface area contributed by atoms with E-state index in [-0.39, 0.29) is 17.4 Å². The van der Waals surface area contributed by atoms with Gasteiger partial charge in [0.05, 0.1) is 11.6 Å². The predicted molar refractivity (Wildman–Crippen MR) is 68.2 cm³/mol. The van der Waals surface area contributed by atoms with Gasteiger partial charge in [0.1, 0.15) is 11.6 Å². The summed E-state index contributed by atoms with van der Waals surface area (Å²) >= 11 is 0. The number of aromatic hydroxyl groups is 1. The maximum absolute atomic E-state index is 13.5. The number of nitrogens with one attached hydrogen (secondary N) is 1. The first kappa shape index (κ1) is 13.0. The minimum Gasteiger partial charge on any atom is -0.508 e. The fraction of sp³-hybridized carbons (Fsp3) is 0.143. The maximum atomic E-state index is 13.5. The monoisotopic (exact) mass is 260 g/mol. The molecule has 1 aromatic heterocycles. The van der Waals surface area contributed by atoms with Crippen molar-refractivity contribution >= 4 is 5.91 Å². The second-order valence-corrected chi connectivity index (χ2v) is 4.14. The molecular formula is C14H13FN2O2.